The van der Waals surface area contributed by atoms with Crippen LogP contribution < -0.4 is 10.1 Å². The monoisotopic (exact) mass is 304 g/mol. The van der Waals surface area contributed by atoms with E-state index < -0.39 is 0 Å². The number of anilines is 1. The minimum atomic E-state index is -0.217. The summed E-state index contributed by atoms with van der Waals surface area (Å²) in [4.78, 5) is 16.5. The maximum atomic E-state index is 12.4. The van der Waals surface area contributed by atoms with Crippen LogP contribution in [0.4, 0.5) is 5.82 Å². The van der Waals surface area contributed by atoms with Gasteiger partial charge in [-0.05, 0) is 48.9 Å². The molecule has 0 atom stereocenters. The second-order valence-corrected chi connectivity index (χ2v) is 5.07. The molecule has 0 aliphatic carbocycles. The number of carbonyl (C=O) groups is 1. The highest BCUT2D eigenvalue weighted by atomic mass is 16.5. The number of aromatic nitrogens is 1. The summed E-state index contributed by atoms with van der Waals surface area (Å²) >= 11 is 0. The van der Waals surface area contributed by atoms with Crippen molar-refractivity contribution in [1.82, 2.24) is 4.98 Å². The van der Waals surface area contributed by atoms with E-state index in [9.17, 15) is 4.79 Å². The summed E-state index contributed by atoms with van der Waals surface area (Å²) in [5.41, 5.74) is 1.43. The minimum Gasteiger partial charge on any atom is -0.457 e. The van der Waals surface area contributed by atoms with Crippen LogP contribution in [-0.4, -0.2) is 10.9 Å². The zero-order valence-electron chi connectivity index (χ0n) is 12.7. The summed E-state index contributed by atoms with van der Waals surface area (Å²) in [5.74, 6) is 1.68. The van der Waals surface area contributed by atoms with E-state index in [1.54, 1.807) is 24.4 Å². The average molecular weight is 304 g/mol. The molecule has 1 aromatic heterocycles. The first-order valence-electron chi connectivity index (χ1n) is 7.28. The Kier molecular flexibility index (Phi) is 4.34. The van der Waals surface area contributed by atoms with Crippen molar-refractivity contribution in [3.8, 4) is 11.5 Å². The Balaban J connectivity index is 1.77. The summed E-state index contributed by atoms with van der Waals surface area (Å²) in [6.45, 7) is 1.90. The van der Waals surface area contributed by atoms with Crippen LogP contribution >= 0.6 is 0 Å². The van der Waals surface area contributed by atoms with Gasteiger partial charge < -0.3 is 10.1 Å². The second-order valence-electron chi connectivity index (χ2n) is 5.07. The number of nitrogens with one attached hydrogen (secondary N) is 1. The maximum Gasteiger partial charge on any atom is 0.256 e. The molecule has 4 nitrogen and oxygen atoms in total. The molecular weight excluding hydrogens is 288 g/mol. The lowest BCUT2D eigenvalue weighted by Gasteiger charge is -2.09. The second kappa shape index (κ2) is 6.75. The molecule has 1 amide bonds. The molecule has 4 heteroatoms. The molecule has 2 aromatic carbocycles. The molecule has 3 aromatic rings. The van der Waals surface area contributed by atoms with Crippen molar-refractivity contribution in [2.75, 3.05) is 5.32 Å². The van der Waals surface area contributed by atoms with Gasteiger partial charge in [0.05, 0.1) is 0 Å². The van der Waals surface area contributed by atoms with Gasteiger partial charge in [-0.1, -0.05) is 30.3 Å². The summed E-state index contributed by atoms with van der Waals surface area (Å²) in [6.07, 6.45) is 1.65. The molecule has 1 N–H and O–H groups in total. The molecular formula is C19H16N2O2. The van der Waals surface area contributed by atoms with Crippen LogP contribution in [0, 0.1) is 6.92 Å². The fourth-order valence-corrected chi connectivity index (χ4v) is 2.12. The van der Waals surface area contributed by atoms with E-state index in [0.29, 0.717) is 17.1 Å². The highest BCUT2D eigenvalue weighted by molar-refractivity contribution is 6.04. The summed E-state index contributed by atoms with van der Waals surface area (Å²) in [5, 5.41) is 2.81. The number of benzene rings is 2. The number of hydrogen-bond donors (Lipinski definition) is 1. The number of carbonyl (C=O) groups excluding carboxylic acids is 1. The van der Waals surface area contributed by atoms with Crippen molar-refractivity contribution in [3.63, 3.8) is 0 Å². The lowest BCUT2D eigenvalue weighted by atomic mass is 10.2. The first-order chi connectivity index (χ1) is 11.2. The van der Waals surface area contributed by atoms with Crippen molar-refractivity contribution >= 4 is 11.7 Å². The Hall–Kier alpha value is -3.14. The fraction of sp³-hybridized carbons (Fsp3) is 0.0526. The highest BCUT2D eigenvalue weighted by Crippen LogP contribution is 2.22. The van der Waals surface area contributed by atoms with Crippen molar-refractivity contribution in [2.45, 2.75) is 6.92 Å². The molecule has 0 aliphatic heterocycles. The summed E-state index contributed by atoms with van der Waals surface area (Å²) < 4.78 is 5.75. The molecule has 0 saturated heterocycles. The number of hydrogen-bond acceptors (Lipinski definition) is 3. The number of para-hydroxylation sites is 1. The van der Waals surface area contributed by atoms with Gasteiger partial charge in [0.25, 0.3) is 5.91 Å². The third-order valence-corrected chi connectivity index (χ3v) is 3.32. The molecule has 0 saturated carbocycles. The zero-order valence-corrected chi connectivity index (χ0v) is 12.7. The molecule has 114 valence electrons. The molecule has 0 aliphatic rings. The van der Waals surface area contributed by atoms with Crippen LogP contribution in [0.3, 0.4) is 0 Å². The van der Waals surface area contributed by atoms with Gasteiger partial charge in [0.2, 0.25) is 0 Å². The van der Waals surface area contributed by atoms with E-state index in [-0.39, 0.29) is 5.91 Å². The van der Waals surface area contributed by atoms with Crippen molar-refractivity contribution in [1.29, 1.82) is 0 Å². The summed E-state index contributed by atoms with van der Waals surface area (Å²) in [6, 6.07) is 20.2. The van der Waals surface area contributed by atoms with Gasteiger partial charge in [-0.3, -0.25) is 4.79 Å². The number of aryl methyl sites for hydroxylation is 1. The Labute approximate surface area is 134 Å². The van der Waals surface area contributed by atoms with Crippen LogP contribution in [0.1, 0.15) is 15.9 Å². The van der Waals surface area contributed by atoms with Gasteiger partial charge in [-0.15, -0.1) is 0 Å². The normalized spacial score (nSPS) is 10.1. The smallest absolute Gasteiger partial charge is 0.256 e. The van der Waals surface area contributed by atoms with E-state index in [1.807, 2.05) is 55.5 Å². The van der Waals surface area contributed by atoms with Crippen molar-refractivity contribution in [2.24, 2.45) is 0 Å². The Morgan fingerprint density at radius 2 is 1.74 bits per heavy atom. The van der Waals surface area contributed by atoms with Crippen LogP contribution in [0.5, 0.6) is 11.5 Å². The van der Waals surface area contributed by atoms with Gasteiger partial charge in [0.15, 0.2) is 0 Å². The van der Waals surface area contributed by atoms with Gasteiger partial charge in [0, 0.05) is 11.8 Å². The van der Waals surface area contributed by atoms with E-state index in [0.717, 1.165) is 11.3 Å². The predicted octanol–water partition coefficient (Wildman–Crippen LogP) is 4.43. The number of pyridine rings is 1. The molecule has 3 rings (SSSR count). The van der Waals surface area contributed by atoms with Gasteiger partial charge >= 0.3 is 0 Å². The Morgan fingerprint density at radius 3 is 2.52 bits per heavy atom. The predicted molar refractivity (Wildman–Crippen MR) is 89.9 cm³/mol. The van der Waals surface area contributed by atoms with Crippen molar-refractivity contribution in [3.05, 3.63) is 84.1 Å². The molecule has 0 bridgehead atoms. The van der Waals surface area contributed by atoms with Gasteiger partial charge in [-0.2, -0.15) is 0 Å². The quantitative estimate of drug-likeness (QED) is 0.775. The molecule has 0 fully saturated rings. The summed E-state index contributed by atoms with van der Waals surface area (Å²) in [7, 11) is 0. The zero-order chi connectivity index (χ0) is 16.1. The lowest BCUT2D eigenvalue weighted by molar-refractivity contribution is 0.102. The minimum absolute atomic E-state index is 0.217. The number of amides is 1. The fourth-order valence-electron chi connectivity index (χ4n) is 2.12. The van der Waals surface area contributed by atoms with Crippen LogP contribution in [0.2, 0.25) is 0 Å². The topological polar surface area (TPSA) is 51.2 Å². The van der Waals surface area contributed by atoms with E-state index in [1.165, 1.54) is 0 Å². The van der Waals surface area contributed by atoms with Crippen LogP contribution in [-0.2, 0) is 0 Å². The van der Waals surface area contributed by atoms with Crippen LogP contribution in [0.25, 0.3) is 0 Å². The molecule has 1 heterocycles. The van der Waals surface area contributed by atoms with Gasteiger partial charge in [-0.25, -0.2) is 4.98 Å². The van der Waals surface area contributed by atoms with E-state index >= 15 is 0 Å². The molecule has 0 spiro atoms. The number of nitrogens with zero attached hydrogens (tertiary/aromatic N) is 1. The highest BCUT2D eigenvalue weighted by Gasteiger charge is 2.09. The maximum absolute atomic E-state index is 12.4. The SMILES string of the molecule is Cc1cccnc1NC(=O)c1cccc(Oc2ccccc2)c1. The Bertz CT molecular complexity index is 816. The first kappa shape index (κ1) is 14.8. The molecule has 23 heavy (non-hydrogen) atoms. The standard InChI is InChI=1S/C19H16N2O2/c1-14-7-6-12-20-18(14)21-19(22)15-8-5-11-17(13-15)23-16-9-3-2-4-10-16/h2-13H,1H3,(H,20,21,22). The largest absolute Gasteiger partial charge is 0.457 e. The number of ether oxygens (including phenoxy) is 1. The third-order valence-electron chi connectivity index (χ3n) is 3.32. The first-order valence-corrected chi connectivity index (χ1v) is 7.28. The van der Waals surface area contributed by atoms with Crippen molar-refractivity contribution < 1.29 is 9.53 Å². The Morgan fingerprint density at radius 1 is 0.957 bits per heavy atom. The molecule has 0 radical (unpaired) electrons. The third kappa shape index (κ3) is 3.74. The molecule has 0 unspecified atom stereocenters. The van der Waals surface area contributed by atoms with E-state index in [4.69, 9.17) is 4.74 Å². The van der Waals surface area contributed by atoms with E-state index in [2.05, 4.69) is 10.3 Å². The lowest BCUT2D eigenvalue weighted by Crippen LogP contribution is -2.13. The van der Waals surface area contributed by atoms with Gasteiger partial charge in [0.1, 0.15) is 17.3 Å². The number of rotatable bonds is 4. The van der Waals surface area contributed by atoms with Crippen LogP contribution in [0.15, 0.2) is 72.9 Å². The average Bonchev–Trinajstić information content (AvgIpc) is 2.58.